The van der Waals surface area contributed by atoms with Gasteiger partial charge in [0.05, 0.1) is 30.3 Å². The molecule has 5 heteroatoms. The third-order valence-corrected chi connectivity index (χ3v) is 2.83. The Balaban J connectivity index is 2.53. The Bertz CT molecular complexity index is 420. The molecule has 1 heterocycles. The first-order valence-electron chi connectivity index (χ1n) is 7.19. The summed E-state index contributed by atoms with van der Waals surface area (Å²) in [4.78, 5) is 17.9. The fraction of sp³-hybridized carbons (Fsp3) is 0.600. The van der Waals surface area contributed by atoms with Gasteiger partial charge in [0.25, 0.3) is 0 Å². The molecule has 0 unspecified atom stereocenters. The van der Waals surface area contributed by atoms with E-state index >= 15 is 0 Å². The summed E-state index contributed by atoms with van der Waals surface area (Å²) in [5, 5.41) is 6.21. The van der Waals surface area contributed by atoms with Gasteiger partial charge in [0.15, 0.2) is 0 Å². The average Bonchev–Trinajstić information content (AvgIpc) is 2.43. The minimum atomic E-state index is 0.0353. The second kappa shape index (κ2) is 8.40. The molecule has 112 valence electrons. The third kappa shape index (κ3) is 5.91. The lowest BCUT2D eigenvalue weighted by Gasteiger charge is -2.19. The Kier molecular flexibility index (Phi) is 6.84. The van der Waals surface area contributed by atoms with Crippen molar-refractivity contribution in [2.45, 2.75) is 27.2 Å². The maximum absolute atomic E-state index is 11.8. The number of nitrogens with zero attached hydrogens (tertiary/aromatic N) is 2. The molecule has 0 saturated heterocycles. The van der Waals surface area contributed by atoms with Crippen LogP contribution < -0.4 is 15.5 Å². The molecule has 0 aliphatic heterocycles. The molecule has 1 amide bonds. The predicted molar refractivity (Wildman–Crippen MR) is 84.1 cm³/mol. The van der Waals surface area contributed by atoms with Crippen molar-refractivity contribution in [3.8, 4) is 0 Å². The third-order valence-electron chi connectivity index (χ3n) is 2.83. The van der Waals surface area contributed by atoms with Crippen LogP contribution in [0.5, 0.6) is 0 Å². The van der Waals surface area contributed by atoms with E-state index in [4.69, 9.17) is 0 Å². The van der Waals surface area contributed by atoms with Crippen LogP contribution in [0.2, 0.25) is 0 Å². The molecule has 0 aromatic carbocycles. The molecular formula is C15H26N4O. The molecule has 0 aliphatic carbocycles. The molecule has 0 spiro atoms. The number of nitrogens with one attached hydrogen (secondary N) is 2. The molecule has 0 atom stereocenters. The van der Waals surface area contributed by atoms with E-state index in [0.717, 1.165) is 24.3 Å². The quantitative estimate of drug-likeness (QED) is 0.764. The lowest BCUT2D eigenvalue weighted by molar-refractivity contribution is -0.119. The number of carbonyl (C=O) groups is 1. The summed E-state index contributed by atoms with van der Waals surface area (Å²) in [6.45, 7) is 8.25. The predicted octanol–water partition coefficient (Wildman–Crippen LogP) is 2.11. The topological polar surface area (TPSA) is 57.3 Å². The zero-order valence-corrected chi connectivity index (χ0v) is 12.9. The smallest absolute Gasteiger partial charge is 0.239 e. The second-order valence-electron chi connectivity index (χ2n) is 5.41. The van der Waals surface area contributed by atoms with Crippen molar-refractivity contribution in [1.29, 1.82) is 0 Å². The van der Waals surface area contributed by atoms with Crippen LogP contribution in [0, 0.1) is 5.92 Å². The molecule has 0 radical (unpaired) electrons. The van der Waals surface area contributed by atoms with Gasteiger partial charge in [-0.2, -0.15) is 0 Å². The molecule has 2 N–H and O–H groups in total. The van der Waals surface area contributed by atoms with E-state index in [1.54, 1.807) is 12.4 Å². The number of carbonyl (C=O) groups excluding carboxylic acids is 1. The van der Waals surface area contributed by atoms with Crippen LogP contribution >= 0.6 is 0 Å². The summed E-state index contributed by atoms with van der Waals surface area (Å²) in [5.74, 6) is 0.501. The summed E-state index contributed by atoms with van der Waals surface area (Å²) in [6.07, 6.45) is 4.64. The molecule has 0 saturated carbocycles. The highest BCUT2D eigenvalue weighted by Gasteiger charge is 2.08. The maximum Gasteiger partial charge on any atom is 0.239 e. The van der Waals surface area contributed by atoms with E-state index in [2.05, 4.69) is 36.4 Å². The lowest BCUT2D eigenvalue weighted by Crippen LogP contribution is -2.36. The maximum atomic E-state index is 11.8. The highest BCUT2D eigenvalue weighted by Crippen LogP contribution is 2.16. The molecule has 0 aliphatic rings. The van der Waals surface area contributed by atoms with Crippen molar-refractivity contribution < 1.29 is 4.79 Å². The molecule has 0 bridgehead atoms. The average molecular weight is 278 g/mol. The second-order valence-corrected chi connectivity index (χ2v) is 5.41. The molecular weight excluding hydrogens is 252 g/mol. The summed E-state index contributed by atoms with van der Waals surface area (Å²) in [5.41, 5.74) is 1.92. The van der Waals surface area contributed by atoms with Crippen molar-refractivity contribution >= 4 is 17.3 Å². The zero-order valence-electron chi connectivity index (χ0n) is 12.9. The summed E-state index contributed by atoms with van der Waals surface area (Å²) in [6, 6.07) is 2.01. The van der Waals surface area contributed by atoms with Crippen LogP contribution in [0.3, 0.4) is 0 Å². The Morgan fingerprint density at radius 2 is 2.15 bits per heavy atom. The van der Waals surface area contributed by atoms with Gasteiger partial charge in [-0.1, -0.05) is 20.8 Å². The van der Waals surface area contributed by atoms with Crippen molar-refractivity contribution in [3.05, 3.63) is 18.5 Å². The standard InChI is InChI=1S/C15H26N4O/c1-5-6-17-13-7-14(10-16-9-13)19(4)11-15(20)18-8-12(2)3/h7,9-10,12,17H,5-6,8,11H2,1-4H3,(H,18,20). The van der Waals surface area contributed by atoms with E-state index in [1.807, 2.05) is 18.0 Å². The monoisotopic (exact) mass is 278 g/mol. The number of amides is 1. The fourth-order valence-corrected chi connectivity index (χ4v) is 1.68. The van der Waals surface area contributed by atoms with E-state index in [-0.39, 0.29) is 5.91 Å². The number of hydrogen-bond acceptors (Lipinski definition) is 4. The number of rotatable bonds is 8. The van der Waals surface area contributed by atoms with E-state index in [1.165, 1.54) is 0 Å². The largest absolute Gasteiger partial charge is 0.384 e. The molecule has 0 fully saturated rings. The van der Waals surface area contributed by atoms with Gasteiger partial charge in [-0.15, -0.1) is 0 Å². The molecule has 5 nitrogen and oxygen atoms in total. The fourth-order valence-electron chi connectivity index (χ4n) is 1.68. The van der Waals surface area contributed by atoms with Gasteiger partial charge in [0.2, 0.25) is 5.91 Å². The summed E-state index contributed by atoms with van der Waals surface area (Å²) >= 11 is 0. The van der Waals surface area contributed by atoms with Gasteiger partial charge >= 0.3 is 0 Å². The SMILES string of the molecule is CCCNc1cncc(N(C)CC(=O)NCC(C)C)c1. The molecule has 1 aromatic heterocycles. The molecule has 20 heavy (non-hydrogen) atoms. The number of likely N-dealkylation sites (N-methyl/N-ethyl adjacent to an activating group) is 1. The number of pyridine rings is 1. The van der Waals surface area contributed by atoms with Crippen molar-refractivity contribution in [2.75, 3.05) is 36.9 Å². The van der Waals surface area contributed by atoms with Crippen molar-refractivity contribution in [2.24, 2.45) is 5.92 Å². The van der Waals surface area contributed by atoms with Crippen molar-refractivity contribution in [1.82, 2.24) is 10.3 Å². The van der Waals surface area contributed by atoms with E-state index in [9.17, 15) is 4.79 Å². The number of aromatic nitrogens is 1. The first-order chi connectivity index (χ1) is 9.52. The van der Waals surface area contributed by atoms with Crippen LogP contribution in [0.4, 0.5) is 11.4 Å². The first kappa shape index (κ1) is 16.3. The molecule has 1 aromatic rings. The van der Waals surface area contributed by atoms with Crippen LogP contribution in [0.1, 0.15) is 27.2 Å². The Morgan fingerprint density at radius 3 is 2.80 bits per heavy atom. The summed E-state index contributed by atoms with van der Waals surface area (Å²) < 4.78 is 0. The Morgan fingerprint density at radius 1 is 1.40 bits per heavy atom. The highest BCUT2D eigenvalue weighted by atomic mass is 16.2. The Hall–Kier alpha value is -1.78. The van der Waals surface area contributed by atoms with Gasteiger partial charge in [0, 0.05) is 20.1 Å². The minimum absolute atomic E-state index is 0.0353. The van der Waals surface area contributed by atoms with Crippen molar-refractivity contribution in [3.63, 3.8) is 0 Å². The number of hydrogen-bond donors (Lipinski definition) is 2. The van der Waals surface area contributed by atoms with Crippen LogP contribution in [0.25, 0.3) is 0 Å². The number of anilines is 2. The first-order valence-corrected chi connectivity index (χ1v) is 7.19. The van der Waals surface area contributed by atoms with Gasteiger partial charge in [-0.25, -0.2) is 0 Å². The summed E-state index contributed by atoms with van der Waals surface area (Å²) in [7, 11) is 1.90. The van der Waals surface area contributed by atoms with Crippen LogP contribution in [0.15, 0.2) is 18.5 Å². The highest BCUT2D eigenvalue weighted by molar-refractivity contribution is 5.81. The van der Waals surface area contributed by atoms with Gasteiger partial charge in [0.1, 0.15) is 0 Å². The lowest BCUT2D eigenvalue weighted by atomic mass is 10.2. The van der Waals surface area contributed by atoms with Crippen LogP contribution in [-0.4, -0.2) is 37.6 Å². The van der Waals surface area contributed by atoms with Gasteiger partial charge in [-0.3, -0.25) is 9.78 Å². The Labute approximate surface area is 121 Å². The zero-order chi connectivity index (χ0) is 15.0. The van der Waals surface area contributed by atoms with Gasteiger partial charge in [-0.05, 0) is 18.4 Å². The van der Waals surface area contributed by atoms with Gasteiger partial charge < -0.3 is 15.5 Å². The van der Waals surface area contributed by atoms with E-state index in [0.29, 0.717) is 19.0 Å². The normalized spacial score (nSPS) is 10.4. The minimum Gasteiger partial charge on any atom is -0.384 e. The van der Waals surface area contributed by atoms with Crippen LogP contribution in [-0.2, 0) is 4.79 Å². The molecule has 1 rings (SSSR count). The van der Waals surface area contributed by atoms with E-state index < -0.39 is 0 Å².